The van der Waals surface area contributed by atoms with Gasteiger partial charge in [-0.2, -0.15) is 0 Å². The highest BCUT2D eigenvalue weighted by Gasteiger charge is 2.43. The summed E-state index contributed by atoms with van der Waals surface area (Å²) in [5.41, 5.74) is 8.25. The van der Waals surface area contributed by atoms with Gasteiger partial charge in [0.25, 0.3) is 5.69 Å². The van der Waals surface area contributed by atoms with E-state index in [-0.39, 0.29) is 16.0 Å². The summed E-state index contributed by atoms with van der Waals surface area (Å²) in [6.45, 7) is 6.69. The van der Waals surface area contributed by atoms with Crippen molar-refractivity contribution in [1.82, 2.24) is 0 Å². The van der Waals surface area contributed by atoms with Crippen molar-refractivity contribution >= 4 is 22.7 Å². The highest BCUT2D eigenvalue weighted by molar-refractivity contribution is 5.86. The minimum atomic E-state index is -0.339. The molecule has 0 saturated heterocycles. The SMILES string of the molecule is CCCCCCCCC1(CCCCCCCC)c2cc(OCCOCCOC)ccc2-c2ccc(N(c3ccccc3)c3ccc([N+](=O)[O-])cc3)cc21. The third-order valence-electron chi connectivity index (χ3n) is 10.7. The molecular formula is C46H60N2O5. The van der Waals surface area contributed by atoms with Crippen LogP contribution < -0.4 is 9.64 Å². The topological polar surface area (TPSA) is 74.1 Å². The van der Waals surface area contributed by atoms with Crippen molar-refractivity contribution in [1.29, 1.82) is 0 Å². The number of nitro groups is 1. The van der Waals surface area contributed by atoms with Gasteiger partial charge in [-0.3, -0.25) is 10.1 Å². The van der Waals surface area contributed by atoms with E-state index in [1.807, 2.05) is 30.3 Å². The highest BCUT2D eigenvalue weighted by Crippen LogP contribution is 2.56. The van der Waals surface area contributed by atoms with Crippen LogP contribution >= 0.6 is 0 Å². The summed E-state index contributed by atoms with van der Waals surface area (Å²) in [5.74, 6) is 0.888. The number of ether oxygens (including phenoxy) is 3. The Morgan fingerprint density at radius 2 is 1.15 bits per heavy atom. The molecule has 0 N–H and O–H groups in total. The fourth-order valence-electron chi connectivity index (χ4n) is 7.98. The third kappa shape index (κ3) is 10.5. The number of rotatable bonds is 25. The van der Waals surface area contributed by atoms with Gasteiger partial charge in [-0.05, 0) is 83.6 Å². The van der Waals surface area contributed by atoms with Gasteiger partial charge in [0.2, 0.25) is 0 Å². The average molecular weight is 721 g/mol. The zero-order valence-corrected chi connectivity index (χ0v) is 32.3. The molecule has 0 fully saturated rings. The Labute approximate surface area is 317 Å². The van der Waals surface area contributed by atoms with Crippen LogP contribution in [0.1, 0.15) is 115 Å². The number of anilines is 3. The van der Waals surface area contributed by atoms with E-state index in [0.717, 1.165) is 35.7 Å². The molecule has 0 heterocycles. The van der Waals surface area contributed by atoms with Gasteiger partial charge >= 0.3 is 0 Å². The molecule has 0 spiro atoms. The highest BCUT2D eigenvalue weighted by atomic mass is 16.6. The maximum atomic E-state index is 11.6. The summed E-state index contributed by atoms with van der Waals surface area (Å²) < 4.78 is 17.2. The number of methoxy groups -OCH3 is 1. The minimum Gasteiger partial charge on any atom is -0.491 e. The molecule has 7 heteroatoms. The number of hydrogen-bond acceptors (Lipinski definition) is 6. The van der Waals surface area contributed by atoms with Crippen molar-refractivity contribution in [2.24, 2.45) is 0 Å². The van der Waals surface area contributed by atoms with Crippen molar-refractivity contribution in [3.63, 3.8) is 0 Å². The molecule has 0 aliphatic heterocycles. The van der Waals surface area contributed by atoms with Crippen LogP contribution in [0.2, 0.25) is 0 Å². The Balaban J connectivity index is 1.56. The van der Waals surface area contributed by atoms with E-state index in [4.69, 9.17) is 14.2 Å². The largest absolute Gasteiger partial charge is 0.491 e. The van der Waals surface area contributed by atoms with Crippen LogP contribution in [-0.2, 0) is 14.9 Å². The lowest BCUT2D eigenvalue weighted by molar-refractivity contribution is -0.384. The number of unbranched alkanes of at least 4 members (excludes halogenated alkanes) is 10. The molecule has 4 aromatic rings. The van der Waals surface area contributed by atoms with Crippen molar-refractivity contribution in [2.45, 2.75) is 109 Å². The zero-order valence-electron chi connectivity index (χ0n) is 32.3. The fourth-order valence-corrected chi connectivity index (χ4v) is 7.98. The lowest BCUT2D eigenvalue weighted by atomic mass is 9.70. The normalized spacial score (nSPS) is 12.7. The third-order valence-corrected chi connectivity index (χ3v) is 10.7. The lowest BCUT2D eigenvalue weighted by Gasteiger charge is -2.34. The van der Waals surface area contributed by atoms with Crippen molar-refractivity contribution in [3.05, 3.63) is 112 Å². The summed E-state index contributed by atoms with van der Waals surface area (Å²) in [4.78, 5) is 13.4. The summed E-state index contributed by atoms with van der Waals surface area (Å²) in [7, 11) is 1.68. The van der Waals surface area contributed by atoms with Crippen LogP contribution in [0.4, 0.5) is 22.7 Å². The van der Waals surface area contributed by atoms with Gasteiger partial charge in [-0.25, -0.2) is 0 Å². The molecule has 0 radical (unpaired) electrons. The first-order valence-electron chi connectivity index (χ1n) is 20.1. The van der Waals surface area contributed by atoms with E-state index in [2.05, 4.69) is 67.3 Å². The van der Waals surface area contributed by atoms with Gasteiger partial charge in [0.15, 0.2) is 0 Å². The van der Waals surface area contributed by atoms with Gasteiger partial charge in [-0.1, -0.05) is 121 Å². The summed E-state index contributed by atoms with van der Waals surface area (Å²) in [6, 6.07) is 30.9. The first-order valence-corrected chi connectivity index (χ1v) is 20.1. The molecule has 0 aromatic heterocycles. The first kappa shape index (κ1) is 40.0. The Morgan fingerprint density at radius 3 is 1.77 bits per heavy atom. The van der Waals surface area contributed by atoms with Crippen LogP contribution in [0.25, 0.3) is 11.1 Å². The number of nitro benzene ring substituents is 1. The molecule has 4 aromatic carbocycles. The molecule has 0 saturated carbocycles. The monoisotopic (exact) mass is 720 g/mol. The number of benzene rings is 4. The van der Waals surface area contributed by atoms with E-state index in [1.165, 1.54) is 99.3 Å². The molecular weight excluding hydrogens is 661 g/mol. The maximum absolute atomic E-state index is 11.6. The van der Waals surface area contributed by atoms with Crippen molar-refractivity contribution < 1.29 is 19.1 Å². The molecule has 0 amide bonds. The van der Waals surface area contributed by atoms with Crippen LogP contribution in [-0.4, -0.2) is 38.5 Å². The second kappa shape index (κ2) is 20.9. The van der Waals surface area contributed by atoms with E-state index in [9.17, 15) is 10.1 Å². The van der Waals surface area contributed by atoms with E-state index in [0.29, 0.717) is 26.4 Å². The van der Waals surface area contributed by atoms with E-state index < -0.39 is 0 Å². The Bertz CT molecular complexity index is 1670. The Morgan fingerprint density at radius 1 is 0.604 bits per heavy atom. The van der Waals surface area contributed by atoms with Crippen molar-refractivity contribution in [2.75, 3.05) is 38.4 Å². The van der Waals surface area contributed by atoms with Crippen LogP contribution in [0, 0.1) is 10.1 Å². The molecule has 53 heavy (non-hydrogen) atoms. The second-order valence-electron chi connectivity index (χ2n) is 14.5. The second-order valence-corrected chi connectivity index (χ2v) is 14.5. The van der Waals surface area contributed by atoms with E-state index >= 15 is 0 Å². The number of non-ortho nitro benzene ring substituents is 1. The van der Waals surface area contributed by atoms with Crippen LogP contribution in [0.5, 0.6) is 5.75 Å². The fraction of sp³-hybridized carbons (Fsp3) is 0.478. The molecule has 0 unspecified atom stereocenters. The molecule has 5 rings (SSSR count). The minimum absolute atomic E-state index is 0.0858. The number of nitrogens with zero attached hydrogens (tertiary/aromatic N) is 2. The molecule has 1 aliphatic rings. The van der Waals surface area contributed by atoms with Gasteiger partial charge in [0.05, 0.1) is 24.7 Å². The van der Waals surface area contributed by atoms with Crippen LogP contribution in [0.15, 0.2) is 91.0 Å². The standard InChI is InChI=1S/C46H60N2O5/c1-4-6-8-10-12-17-29-46(30-18-13-11-9-7-5-2)44-35-40(47(37-19-15-14-16-20-37)38-21-23-39(24-22-38)48(49)50)25-27-42(44)43-28-26-41(36-45(43)46)53-34-33-52-32-31-51-3/h14-16,19-28,35-36H,4-13,17-18,29-34H2,1-3H3. The zero-order chi connectivity index (χ0) is 37.3. The van der Waals surface area contributed by atoms with Gasteiger partial charge < -0.3 is 19.1 Å². The predicted molar refractivity (Wildman–Crippen MR) is 218 cm³/mol. The molecule has 1 aliphatic carbocycles. The number of para-hydroxylation sites is 1. The molecule has 284 valence electrons. The number of hydrogen-bond donors (Lipinski definition) is 0. The Kier molecular flexibility index (Phi) is 15.8. The van der Waals surface area contributed by atoms with Crippen LogP contribution in [0.3, 0.4) is 0 Å². The Hall–Kier alpha value is -4.20. The summed E-state index contributed by atoms with van der Waals surface area (Å²) in [6.07, 6.45) is 17.2. The molecule has 0 bridgehead atoms. The van der Waals surface area contributed by atoms with Gasteiger partial charge in [0.1, 0.15) is 12.4 Å². The first-order chi connectivity index (χ1) is 26.0. The van der Waals surface area contributed by atoms with Gasteiger partial charge in [-0.15, -0.1) is 0 Å². The van der Waals surface area contributed by atoms with Crippen molar-refractivity contribution in [3.8, 4) is 16.9 Å². The summed E-state index contributed by atoms with van der Waals surface area (Å²) >= 11 is 0. The molecule has 7 nitrogen and oxygen atoms in total. The maximum Gasteiger partial charge on any atom is 0.269 e. The smallest absolute Gasteiger partial charge is 0.269 e. The van der Waals surface area contributed by atoms with E-state index in [1.54, 1.807) is 19.2 Å². The predicted octanol–water partition coefficient (Wildman–Crippen LogP) is 12.9. The average Bonchev–Trinajstić information content (AvgIpc) is 3.44. The molecule has 0 atom stereocenters. The summed E-state index contributed by atoms with van der Waals surface area (Å²) in [5, 5.41) is 11.6. The lowest BCUT2D eigenvalue weighted by Crippen LogP contribution is -2.26. The quantitative estimate of drug-likeness (QED) is 0.0385. The van der Waals surface area contributed by atoms with Gasteiger partial charge in [0, 0.05) is 41.7 Å². The number of fused-ring (bicyclic) bond motifs is 3.